The van der Waals surface area contributed by atoms with Gasteiger partial charge in [-0.1, -0.05) is 32.4 Å². The molecule has 0 aliphatic carbocycles. The maximum absolute atomic E-state index is 12.0. The van der Waals surface area contributed by atoms with Gasteiger partial charge in [-0.25, -0.2) is 0 Å². The van der Waals surface area contributed by atoms with Crippen molar-refractivity contribution in [3.8, 4) is 0 Å². The van der Waals surface area contributed by atoms with E-state index in [0.717, 1.165) is 56.2 Å². The van der Waals surface area contributed by atoms with Crippen LogP contribution in [0.3, 0.4) is 0 Å². The van der Waals surface area contributed by atoms with Gasteiger partial charge in [0.25, 0.3) is 5.91 Å². The molecule has 0 spiro atoms. The lowest BCUT2D eigenvalue weighted by atomic mass is 10.1. The Kier molecular flexibility index (Phi) is 11.9. The molecule has 0 radical (unpaired) electrons. The van der Waals surface area contributed by atoms with E-state index in [0.29, 0.717) is 12.1 Å². The topological polar surface area (TPSA) is 96.2 Å². The Morgan fingerprint density at radius 3 is 2.52 bits per heavy atom. The molecule has 0 bridgehead atoms. The summed E-state index contributed by atoms with van der Waals surface area (Å²) in [5.74, 6) is 1.68. The van der Waals surface area contributed by atoms with Crippen molar-refractivity contribution in [1.29, 1.82) is 0 Å². The third kappa shape index (κ3) is 8.38. The maximum atomic E-state index is 12.0. The minimum atomic E-state index is -0.0223. The summed E-state index contributed by atoms with van der Waals surface area (Å²) in [6, 6.07) is 7.62. The molecule has 2 rings (SSSR count). The summed E-state index contributed by atoms with van der Waals surface area (Å²) >= 11 is 0. The van der Waals surface area contributed by atoms with Crippen molar-refractivity contribution in [1.82, 2.24) is 30.7 Å². The molecule has 0 atom stereocenters. The Morgan fingerprint density at radius 2 is 1.86 bits per heavy atom. The third-order valence-corrected chi connectivity index (χ3v) is 4.37. The highest BCUT2D eigenvalue weighted by atomic mass is 127. The smallest absolute Gasteiger partial charge is 0.251 e. The number of aromatic nitrogens is 3. The molecule has 0 saturated heterocycles. The van der Waals surface area contributed by atoms with Crippen molar-refractivity contribution in [2.45, 2.75) is 46.2 Å². The van der Waals surface area contributed by atoms with E-state index in [1.807, 2.05) is 28.8 Å². The Morgan fingerprint density at radius 1 is 1.10 bits per heavy atom. The molecule has 3 N–H and O–H groups in total. The first-order valence-electron chi connectivity index (χ1n) is 9.86. The zero-order chi connectivity index (χ0) is 20.2. The Balaban J connectivity index is 0.00000420. The van der Waals surface area contributed by atoms with E-state index in [9.17, 15) is 4.79 Å². The number of unbranched alkanes of at least 4 members (excludes halogenated alkanes) is 1. The molecule has 8 nitrogen and oxygen atoms in total. The molecule has 0 aliphatic heterocycles. The standard InChI is InChI=1S/C20H31N7O.HI/c1-4-6-11-22-19(28)17-9-7-16(8-10-17)14-24-20(21-3)23-12-13-27-15-25-26-18(27)5-2;/h7-10,15H,4-6,11-14H2,1-3H3,(H,22,28)(H2,21,23,24);1H. The van der Waals surface area contributed by atoms with Gasteiger partial charge in [-0.15, -0.1) is 34.2 Å². The van der Waals surface area contributed by atoms with Crippen LogP contribution in [0.15, 0.2) is 35.6 Å². The van der Waals surface area contributed by atoms with Gasteiger partial charge in [0.2, 0.25) is 0 Å². The normalized spacial score (nSPS) is 10.9. The number of hydrogen-bond donors (Lipinski definition) is 3. The maximum Gasteiger partial charge on any atom is 0.251 e. The Bertz CT molecular complexity index is 758. The molecule has 160 valence electrons. The fourth-order valence-electron chi connectivity index (χ4n) is 2.70. The van der Waals surface area contributed by atoms with Crippen LogP contribution >= 0.6 is 24.0 Å². The van der Waals surface area contributed by atoms with Crippen LogP contribution in [0.4, 0.5) is 0 Å². The average Bonchev–Trinajstić information content (AvgIpc) is 3.18. The molecule has 0 unspecified atom stereocenters. The van der Waals surface area contributed by atoms with Crippen molar-refractivity contribution in [3.05, 3.63) is 47.5 Å². The first kappa shape index (κ1) is 24.9. The number of benzene rings is 1. The van der Waals surface area contributed by atoms with E-state index in [2.05, 4.69) is 45.0 Å². The molecule has 1 heterocycles. The number of carbonyl (C=O) groups excluding carboxylic acids is 1. The van der Waals surface area contributed by atoms with Crippen LogP contribution < -0.4 is 16.0 Å². The second kappa shape index (κ2) is 13.9. The van der Waals surface area contributed by atoms with Gasteiger partial charge in [0.05, 0.1) is 0 Å². The minimum Gasteiger partial charge on any atom is -0.355 e. The highest BCUT2D eigenvalue weighted by Gasteiger charge is 2.05. The number of guanidine groups is 1. The quantitative estimate of drug-likeness (QED) is 0.196. The molecule has 9 heteroatoms. The molecule has 0 saturated carbocycles. The minimum absolute atomic E-state index is 0. The second-order valence-corrected chi connectivity index (χ2v) is 6.45. The monoisotopic (exact) mass is 513 g/mol. The van der Waals surface area contributed by atoms with Gasteiger partial charge in [0, 0.05) is 45.2 Å². The molecular formula is C20H32IN7O. The van der Waals surface area contributed by atoms with Gasteiger partial charge in [-0.3, -0.25) is 9.79 Å². The molecule has 1 amide bonds. The summed E-state index contributed by atoms with van der Waals surface area (Å²) in [4.78, 5) is 16.3. The van der Waals surface area contributed by atoms with Crippen LogP contribution in [0.2, 0.25) is 0 Å². The fourth-order valence-corrected chi connectivity index (χ4v) is 2.70. The van der Waals surface area contributed by atoms with Crippen LogP contribution in [-0.4, -0.2) is 46.8 Å². The zero-order valence-corrected chi connectivity index (χ0v) is 19.8. The van der Waals surface area contributed by atoms with Crippen molar-refractivity contribution in [2.75, 3.05) is 20.1 Å². The largest absolute Gasteiger partial charge is 0.355 e. The van der Waals surface area contributed by atoms with Gasteiger partial charge in [-0.2, -0.15) is 0 Å². The number of nitrogens with one attached hydrogen (secondary N) is 3. The number of carbonyl (C=O) groups is 1. The lowest BCUT2D eigenvalue weighted by Gasteiger charge is -2.13. The zero-order valence-electron chi connectivity index (χ0n) is 17.4. The lowest BCUT2D eigenvalue weighted by molar-refractivity contribution is 0.0953. The third-order valence-electron chi connectivity index (χ3n) is 4.37. The number of nitrogens with zero attached hydrogens (tertiary/aromatic N) is 4. The van der Waals surface area contributed by atoms with Gasteiger partial charge in [0.1, 0.15) is 12.2 Å². The van der Waals surface area contributed by atoms with Gasteiger partial charge >= 0.3 is 0 Å². The van der Waals surface area contributed by atoms with Crippen molar-refractivity contribution >= 4 is 35.8 Å². The summed E-state index contributed by atoms with van der Waals surface area (Å²) in [5, 5.41) is 17.5. The first-order chi connectivity index (χ1) is 13.7. The van der Waals surface area contributed by atoms with Crippen molar-refractivity contribution in [3.63, 3.8) is 0 Å². The number of rotatable bonds is 10. The second-order valence-electron chi connectivity index (χ2n) is 6.45. The molecular weight excluding hydrogens is 481 g/mol. The molecule has 1 aromatic heterocycles. The highest BCUT2D eigenvalue weighted by Crippen LogP contribution is 2.04. The fraction of sp³-hybridized carbons (Fsp3) is 0.500. The van der Waals surface area contributed by atoms with E-state index >= 15 is 0 Å². The summed E-state index contributed by atoms with van der Waals surface area (Å²) in [6.07, 6.45) is 4.67. The number of aryl methyl sites for hydroxylation is 1. The molecule has 0 fully saturated rings. The van der Waals surface area contributed by atoms with Gasteiger partial charge in [0.15, 0.2) is 5.96 Å². The molecule has 29 heavy (non-hydrogen) atoms. The summed E-state index contributed by atoms with van der Waals surface area (Å²) in [7, 11) is 1.75. The van der Waals surface area contributed by atoms with E-state index in [1.165, 1.54) is 0 Å². The van der Waals surface area contributed by atoms with E-state index in [-0.39, 0.29) is 29.9 Å². The van der Waals surface area contributed by atoms with Crippen LogP contribution in [0.1, 0.15) is 48.4 Å². The Hall–Kier alpha value is -2.17. The summed E-state index contributed by atoms with van der Waals surface area (Å²) < 4.78 is 2.03. The molecule has 0 aliphatic rings. The van der Waals surface area contributed by atoms with E-state index in [1.54, 1.807) is 13.4 Å². The van der Waals surface area contributed by atoms with Crippen LogP contribution in [0, 0.1) is 0 Å². The summed E-state index contributed by atoms with van der Waals surface area (Å²) in [6.45, 7) is 7.02. The Labute approximate surface area is 190 Å². The summed E-state index contributed by atoms with van der Waals surface area (Å²) in [5.41, 5.74) is 1.77. The SMILES string of the molecule is CCCCNC(=O)c1ccc(CNC(=NC)NCCn2cnnc2CC)cc1.I. The van der Waals surface area contributed by atoms with Crippen LogP contribution in [-0.2, 0) is 19.5 Å². The van der Waals surface area contributed by atoms with Crippen LogP contribution in [0.5, 0.6) is 0 Å². The molecule has 2 aromatic rings. The number of amides is 1. The lowest BCUT2D eigenvalue weighted by Crippen LogP contribution is -2.38. The van der Waals surface area contributed by atoms with E-state index < -0.39 is 0 Å². The average molecular weight is 513 g/mol. The van der Waals surface area contributed by atoms with Gasteiger partial charge in [-0.05, 0) is 24.1 Å². The van der Waals surface area contributed by atoms with Crippen molar-refractivity contribution < 1.29 is 4.79 Å². The highest BCUT2D eigenvalue weighted by molar-refractivity contribution is 14.0. The predicted molar refractivity (Wildman–Crippen MR) is 127 cm³/mol. The van der Waals surface area contributed by atoms with Crippen LogP contribution in [0.25, 0.3) is 0 Å². The first-order valence-corrected chi connectivity index (χ1v) is 9.86. The number of halogens is 1. The van der Waals surface area contributed by atoms with E-state index in [4.69, 9.17) is 0 Å². The number of aliphatic imine (C=N–C) groups is 1. The van der Waals surface area contributed by atoms with Gasteiger partial charge < -0.3 is 20.5 Å². The molecule has 1 aromatic carbocycles. The van der Waals surface area contributed by atoms with Crippen molar-refractivity contribution in [2.24, 2.45) is 4.99 Å². The predicted octanol–water partition coefficient (Wildman–Crippen LogP) is 2.35. The number of hydrogen-bond acceptors (Lipinski definition) is 4.